The fraction of sp³-hybridized carbons (Fsp3) is 0.457. The van der Waals surface area contributed by atoms with Crippen LogP contribution >= 0.6 is 22.6 Å². The molecule has 1 aliphatic rings. The van der Waals surface area contributed by atoms with Crippen LogP contribution in [0.5, 0.6) is 5.75 Å². The van der Waals surface area contributed by atoms with E-state index in [1.165, 1.54) is 32.9 Å². The summed E-state index contributed by atoms with van der Waals surface area (Å²) in [6, 6.07) is 9.64. The van der Waals surface area contributed by atoms with E-state index in [1.807, 2.05) is 28.7 Å². The third kappa shape index (κ3) is 14.5. The maximum absolute atomic E-state index is 13.6. The first-order valence-corrected chi connectivity index (χ1v) is 18.1. The van der Waals surface area contributed by atoms with E-state index in [2.05, 4.69) is 10.6 Å². The predicted molar refractivity (Wildman–Crippen MR) is 200 cm³/mol. The van der Waals surface area contributed by atoms with Gasteiger partial charge in [0.2, 0.25) is 11.8 Å². The van der Waals surface area contributed by atoms with E-state index in [4.69, 9.17) is 0 Å². The minimum absolute atomic E-state index is 0.0241. The third-order valence-electron chi connectivity index (χ3n) is 8.80. The van der Waals surface area contributed by atoms with Gasteiger partial charge in [0.05, 0.1) is 22.7 Å². The number of rotatable bonds is 16. The van der Waals surface area contributed by atoms with Crippen molar-refractivity contribution in [3.8, 4) is 5.75 Å². The maximum atomic E-state index is 13.6. The number of carbonyl (C=O) groups is 7. The van der Waals surface area contributed by atoms with Crippen molar-refractivity contribution in [2.45, 2.75) is 37.4 Å². The summed E-state index contributed by atoms with van der Waals surface area (Å²) < 4.78 is 0.386. The molecule has 1 fully saturated rings. The van der Waals surface area contributed by atoms with Gasteiger partial charge in [0.1, 0.15) is 24.1 Å². The Bertz CT molecular complexity index is 1630. The Morgan fingerprint density at radius 1 is 0.778 bits per heavy atom. The van der Waals surface area contributed by atoms with Crippen molar-refractivity contribution in [1.29, 1.82) is 0 Å². The molecule has 19 heteroatoms. The molecule has 2 aromatic rings. The van der Waals surface area contributed by atoms with Gasteiger partial charge in [-0.2, -0.15) is 0 Å². The number of benzene rings is 2. The van der Waals surface area contributed by atoms with Crippen LogP contribution in [0.4, 0.5) is 4.79 Å². The molecule has 0 spiro atoms. The molecule has 7 N–H and O–H groups in total. The number of aldehydes is 1. The van der Waals surface area contributed by atoms with Crippen molar-refractivity contribution in [2.75, 3.05) is 65.4 Å². The van der Waals surface area contributed by atoms with Crippen LogP contribution < -0.4 is 10.6 Å². The number of hydrogen-bond donors (Lipinski definition) is 7. The van der Waals surface area contributed by atoms with Crippen molar-refractivity contribution < 1.29 is 59.1 Å². The molecular formula is C35H45IN6O12. The van der Waals surface area contributed by atoms with E-state index in [0.717, 1.165) is 10.5 Å². The minimum Gasteiger partial charge on any atom is -0.507 e. The van der Waals surface area contributed by atoms with Gasteiger partial charge in [0, 0.05) is 58.8 Å². The number of carboxylic acids is 3. The molecule has 18 nitrogen and oxygen atoms in total. The summed E-state index contributed by atoms with van der Waals surface area (Å²) in [6.45, 7) is -0.870. The lowest BCUT2D eigenvalue weighted by molar-refractivity contribution is -0.144. The topological polar surface area (TPSA) is 258 Å². The molecular weight excluding hydrogens is 823 g/mol. The van der Waals surface area contributed by atoms with E-state index < -0.39 is 60.5 Å². The van der Waals surface area contributed by atoms with Gasteiger partial charge in [0.25, 0.3) is 0 Å². The van der Waals surface area contributed by atoms with Gasteiger partial charge >= 0.3 is 24.0 Å². The molecule has 2 aromatic carbocycles. The summed E-state index contributed by atoms with van der Waals surface area (Å²) in [7, 11) is 0. The summed E-state index contributed by atoms with van der Waals surface area (Å²) in [5, 5.41) is 54.3. The molecule has 0 saturated carbocycles. The molecule has 0 radical (unpaired) electrons. The van der Waals surface area contributed by atoms with Crippen LogP contribution in [0.3, 0.4) is 0 Å². The smallest absolute Gasteiger partial charge is 0.407 e. The summed E-state index contributed by atoms with van der Waals surface area (Å²) in [5.74, 6) is -5.08. The second-order valence-corrected chi connectivity index (χ2v) is 13.9. The number of phenolic OH excluding ortho intramolecular Hbond substituents is 1. The lowest BCUT2D eigenvalue weighted by atomic mass is 10.0. The minimum atomic E-state index is -1.33. The molecule has 0 aromatic heterocycles. The zero-order valence-electron chi connectivity index (χ0n) is 29.4. The summed E-state index contributed by atoms with van der Waals surface area (Å²) in [5.41, 5.74) is 1.08. The number of amides is 3. The van der Waals surface area contributed by atoms with Gasteiger partial charge in [-0.15, -0.1) is 0 Å². The van der Waals surface area contributed by atoms with Gasteiger partial charge in [0.15, 0.2) is 0 Å². The monoisotopic (exact) mass is 868 g/mol. The Hall–Kier alpha value is -4.86. The highest BCUT2D eigenvalue weighted by molar-refractivity contribution is 14.1. The van der Waals surface area contributed by atoms with E-state index in [-0.39, 0.29) is 83.9 Å². The normalized spacial score (nSPS) is 16.8. The summed E-state index contributed by atoms with van der Waals surface area (Å²) in [6.07, 6.45) is -1.20. The molecule has 1 unspecified atom stereocenters. The second kappa shape index (κ2) is 21.7. The number of halogens is 1. The zero-order valence-corrected chi connectivity index (χ0v) is 31.5. The predicted octanol–water partition coefficient (Wildman–Crippen LogP) is 0.383. The van der Waals surface area contributed by atoms with Gasteiger partial charge in [-0.1, -0.05) is 36.4 Å². The lowest BCUT2D eigenvalue weighted by Crippen LogP contribution is -2.52. The quantitative estimate of drug-likeness (QED) is 0.0890. The van der Waals surface area contributed by atoms with Crippen molar-refractivity contribution in [3.05, 3.63) is 63.2 Å². The molecule has 3 amide bonds. The Morgan fingerprint density at radius 2 is 1.35 bits per heavy atom. The highest BCUT2D eigenvalue weighted by Crippen LogP contribution is 2.25. The molecule has 3 atom stereocenters. The van der Waals surface area contributed by atoms with Crippen LogP contribution in [0.15, 0.2) is 48.5 Å². The average Bonchev–Trinajstić information content (AvgIpc) is 3.10. The summed E-state index contributed by atoms with van der Waals surface area (Å²) in [4.78, 5) is 92.2. The second-order valence-electron chi connectivity index (χ2n) is 12.7. The van der Waals surface area contributed by atoms with Gasteiger partial charge in [-0.3, -0.25) is 38.7 Å². The number of hydrogen-bond acceptors (Lipinski definition) is 11. The van der Waals surface area contributed by atoms with Gasteiger partial charge < -0.3 is 45.9 Å². The van der Waals surface area contributed by atoms with Crippen LogP contribution in [-0.4, -0.2) is 165 Å². The average molecular weight is 869 g/mol. The van der Waals surface area contributed by atoms with Crippen molar-refractivity contribution in [2.24, 2.45) is 0 Å². The Balaban J connectivity index is 1.80. The number of nitrogens with zero attached hydrogens (tertiary/aromatic N) is 4. The zero-order chi connectivity index (χ0) is 39.8. The van der Waals surface area contributed by atoms with Crippen molar-refractivity contribution in [3.63, 3.8) is 0 Å². The number of aromatic hydroxyl groups is 1. The third-order valence-corrected chi connectivity index (χ3v) is 9.67. The van der Waals surface area contributed by atoms with Crippen LogP contribution in [0.25, 0.3) is 0 Å². The first kappa shape index (κ1) is 43.5. The van der Waals surface area contributed by atoms with Crippen LogP contribution in [0.1, 0.15) is 30.0 Å². The largest absolute Gasteiger partial charge is 0.507 e. The van der Waals surface area contributed by atoms with E-state index >= 15 is 0 Å². The Kier molecular flexibility index (Phi) is 17.5. The Labute approximate surface area is 324 Å². The van der Waals surface area contributed by atoms with Gasteiger partial charge in [-0.05, 0) is 58.7 Å². The van der Waals surface area contributed by atoms with Crippen molar-refractivity contribution >= 4 is 64.7 Å². The van der Waals surface area contributed by atoms with Crippen LogP contribution in [0, 0.1) is 3.57 Å². The maximum Gasteiger partial charge on any atom is 0.407 e. The molecule has 54 heavy (non-hydrogen) atoms. The lowest BCUT2D eigenvalue weighted by Gasteiger charge is -2.35. The molecule has 0 aliphatic carbocycles. The number of nitrogens with one attached hydrogen (secondary N) is 2. The molecule has 1 aliphatic heterocycles. The van der Waals surface area contributed by atoms with E-state index in [9.17, 15) is 59.1 Å². The van der Waals surface area contributed by atoms with E-state index in [1.54, 1.807) is 24.3 Å². The fourth-order valence-electron chi connectivity index (χ4n) is 5.95. The number of aliphatic carboxylic acids is 3. The van der Waals surface area contributed by atoms with Crippen LogP contribution in [0.2, 0.25) is 0 Å². The SMILES string of the molecule is O=C[C@H](Cc1ccccc1)NC(=O)[C@@H](NC(=O)CCC(C(=O)O)N1CCN(CC(=O)O)CCN(CC(=O)O)CCN(C(=O)O)CC1)c1ccc(O)c(I)c1. The highest BCUT2D eigenvalue weighted by Gasteiger charge is 2.31. The van der Waals surface area contributed by atoms with Gasteiger partial charge in [-0.25, -0.2) is 4.79 Å². The Morgan fingerprint density at radius 3 is 1.91 bits per heavy atom. The number of phenols is 1. The van der Waals surface area contributed by atoms with Crippen molar-refractivity contribution in [1.82, 2.24) is 30.2 Å². The van der Waals surface area contributed by atoms with Crippen LogP contribution in [-0.2, 0) is 35.2 Å². The molecule has 1 saturated heterocycles. The summed E-state index contributed by atoms with van der Waals surface area (Å²) >= 11 is 1.86. The first-order valence-electron chi connectivity index (χ1n) is 17.1. The fourth-order valence-corrected chi connectivity index (χ4v) is 6.49. The molecule has 294 valence electrons. The first-order chi connectivity index (χ1) is 25.7. The molecule has 1 heterocycles. The number of carboxylic acid groups (broad SMARTS) is 4. The molecule has 0 bridgehead atoms. The molecule has 3 rings (SSSR count). The highest BCUT2D eigenvalue weighted by atomic mass is 127. The standard InChI is InChI=1S/C35H45IN6O12/c36-26-19-24(6-8-28(26)44)32(33(50)37-25(22-43)18-23-4-2-1-3-5-23)38-29(45)9-7-27(34(51)52)41-14-12-39(20-30(46)47)10-11-40(21-31(48)49)13-15-42(17-16-41)35(53)54/h1-6,8,19,22,25,27,32,44H,7,9-18,20-21H2,(H,37,50)(H,38,45)(H,46,47)(H,48,49)(H,51,52)(H,53,54)/t25-,27?,32-/m0/s1. The van der Waals surface area contributed by atoms with E-state index in [0.29, 0.717) is 15.4 Å². The number of carbonyl (C=O) groups excluding carboxylic acids is 3.